The molecule has 1 aromatic carbocycles. The van der Waals surface area contributed by atoms with Crippen LogP contribution in [0.25, 0.3) is 0 Å². The van der Waals surface area contributed by atoms with Crippen molar-refractivity contribution in [3.63, 3.8) is 0 Å². The third-order valence-electron chi connectivity index (χ3n) is 4.14. The molecule has 0 unspecified atom stereocenters. The first-order valence-corrected chi connectivity index (χ1v) is 7.93. The molecular formula is C18H26N2O. The third-order valence-corrected chi connectivity index (χ3v) is 4.14. The van der Waals surface area contributed by atoms with E-state index >= 15 is 0 Å². The topological polar surface area (TPSA) is 32.3 Å². The van der Waals surface area contributed by atoms with Crippen molar-refractivity contribution >= 4 is 5.91 Å². The van der Waals surface area contributed by atoms with Gasteiger partial charge in [-0.2, -0.15) is 0 Å². The van der Waals surface area contributed by atoms with E-state index in [-0.39, 0.29) is 5.91 Å². The Labute approximate surface area is 128 Å². The number of hydrogen-bond acceptors (Lipinski definition) is 2. The predicted molar refractivity (Wildman–Crippen MR) is 87.1 cm³/mol. The molecule has 1 heterocycles. The van der Waals surface area contributed by atoms with Crippen LogP contribution >= 0.6 is 0 Å². The van der Waals surface area contributed by atoms with Crippen LogP contribution in [0.5, 0.6) is 0 Å². The molecule has 1 saturated heterocycles. The lowest BCUT2D eigenvalue weighted by Gasteiger charge is -2.32. The molecule has 3 heteroatoms. The molecule has 0 aromatic heterocycles. The highest BCUT2D eigenvalue weighted by atomic mass is 16.2. The summed E-state index contributed by atoms with van der Waals surface area (Å²) in [6.45, 7) is 7.00. The second kappa shape index (κ2) is 8.63. The van der Waals surface area contributed by atoms with E-state index in [0.717, 1.165) is 51.4 Å². The SMILES string of the molecule is C=CCNCCC(=O)N1CCC(Cc2ccccc2)CC1. The van der Waals surface area contributed by atoms with Gasteiger partial charge in [0, 0.05) is 32.6 Å². The zero-order valence-corrected chi connectivity index (χ0v) is 12.8. The van der Waals surface area contributed by atoms with Crippen LogP contribution < -0.4 is 5.32 Å². The molecule has 1 N–H and O–H groups in total. The van der Waals surface area contributed by atoms with Crippen molar-refractivity contribution < 1.29 is 4.79 Å². The quantitative estimate of drug-likeness (QED) is 0.617. The van der Waals surface area contributed by atoms with Crippen LogP contribution in [-0.4, -0.2) is 37.0 Å². The number of amides is 1. The van der Waals surface area contributed by atoms with Gasteiger partial charge in [0.15, 0.2) is 0 Å². The van der Waals surface area contributed by atoms with Gasteiger partial charge in [0.2, 0.25) is 5.91 Å². The number of nitrogens with one attached hydrogen (secondary N) is 1. The van der Waals surface area contributed by atoms with Gasteiger partial charge in [-0.3, -0.25) is 4.79 Å². The maximum Gasteiger partial charge on any atom is 0.223 e. The van der Waals surface area contributed by atoms with Crippen molar-refractivity contribution in [3.05, 3.63) is 48.6 Å². The van der Waals surface area contributed by atoms with Crippen LogP contribution in [0.1, 0.15) is 24.8 Å². The Morgan fingerprint density at radius 2 is 2.00 bits per heavy atom. The molecule has 1 amide bonds. The molecule has 1 aliphatic heterocycles. The lowest BCUT2D eigenvalue weighted by atomic mass is 9.90. The van der Waals surface area contributed by atoms with Crippen LogP contribution in [0.2, 0.25) is 0 Å². The summed E-state index contributed by atoms with van der Waals surface area (Å²) in [7, 11) is 0. The van der Waals surface area contributed by atoms with Gasteiger partial charge >= 0.3 is 0 Å². The number of carbonyl (C=O) groups excluding carboxylic acids is 1. The van der Waals surface area contributed by atoms with E-state index < -0.39 is 0 Å². The molecule has 2 rings (SSSR count). The van der Waals surface area contributed by atoms with Gasteiger partial charge in [-0.05, 0) is 30.7 Å². The standard InChI is InChI=1S/C18H26N2O/c1-2-11-19-12-8-18(21)20-13-9-17(10-14-20)15-16-6-4-3-5-7-16/h2-7,17,19H,1,8-15H2. The Bertz CT molecular complexity index is 436. The van der Waals surface area contributed by atoms with Crippen molar-refractivity contribution in [2.75, 3.05) is 26.2 Å². The number of nitrogens with zero attached hydrogens (tertiary/aromatic N) is 1. The van der Waals surface area contributed by atoms with Crippen molar-refractivity contribution in [1.82, 2.24) is 10.2 Å². The van der Waals surface area contributed by atoms with Gasteiger partial charge < -0.3 is 10.2 Å². The summed E-state index contributed by atoms with van der Waals surface area (Å²) < 4.78 is 0. The second-order valence-electron chi connectivity index (χ2n) is 5.76. The summed E-state index contributed by atoms with van der Waals surface area (Å²) in [6, 6.07) is 10.7. The fourth-order valence-electron chi connectivity index (χ4n) is 2.89. The summed E-state index contributed by atoms with van der Waals surface area (Å²) in [5.74, 6) is 1.00. The van der Waals surface area contributed by atoms with Crippen LogP contribution in [-0.2, 0) is 11.2 Å². The number of piperidine rings is 1. The highest BCUT2D eigenvalue weighted by Crippen LogP contribution is 2.21. The van der Waals surface area contributed by atoms with Gasteiger partial charge in [0.25, 0.3) is 0 Å². The summed E-state index contributed by atoms with van der Waals surface area (Å²) >= 11 is 0. The van der Waals surface area contributed by atoms with Crippen LogP contribution in [0.3, 0.4) is 0 Å². The number of likely N-dealkylation sites (tertiary alicyclic amines) is 1. The van der Waals surface area contributed by atoms with E-state index in [2.05, 4.69) is 42.2 Å². The molecule has 0 atom stereocenters. The summed E-state index contributed by atoms with van der Waals surface area (Å²) in [4.78, 5) is 14.1. The van der Waals surface area contributed by atoms with Crippen LogP contribution in [0.15, 0.2) is 43.0 Å². The highest BCUT2D eigenvalue weighted by Gasteiger charge is 2.22. The van der Waals surface area contributed by atoms with E-state index in [9.17, 15) is 4.79 Å². The predicted octanol–water partition coefficient (Wildman–Crippen LogP) is 2.63. The van der Waals surface area contributed by atoms with Gasteiger partial charge in [0.05, 0.1) is 0 Å². The summed E-state index contributed by atoms with van der Waals surface area (Å²) in [5, 5.41) is 3.18. The first-order valence-electron chi connectivity index (χ1n) is 7.93. The Balaban J connectivity index is 1.68. The molecular weight excluding hydrogens is 260 g/mol. The molecule has 21 heavy (non-hydrogen) atoms. The molecule has 3 nitrogen and oxygen atoms in total. The van der Waals surface area contributed by atoms with Crippen molar-refractivity contribution in [2.45, 2.75) is 25.7 Å². The second-order valence-corrected chi connectivity index (χ2v) is 5.76. The van der Waals surface area contributed by atoms with Gasteiger partial charge in [-0.15, -0.1) is 6.58 Å². The fraction of sp³-hybridized carbons (Fsp3) is 0.500. The molecule has 1 aromatic rings. The van der Waals surface area contributed by atoms with Crippen LogP contribution in [0, 0.1) is 5.92 Å². The van der Waals surface area contributed by atoms with E-state index in [1.54, 1.807) is 0 Å². The minimum absolute atomic E-state index is 0.282. The van der Waals surface area contributed by atoms with Gasteiger partial charge in [-0.25, -0.2) is 0 Å². The number of carbonyl (C=O) groups is 1. The molecule has 0 spiro atoms. The lowest BCUT2D eigenvalue weighted by Crippen LogP contribution is -2.40. The number of rotatable bonds is 7. The Morgan fingerprint density at radius 3 is 2.67 bits per heavy atom. The Kier molecular flexibility index (Phi) is 6.48. The molecule has 1 aliphatic rings. The maximum absolute atomic E-state index is 12.1. The summed E-state index contributed by atoms with van der Waals surface area (Å²) in [5.41, 5.74) is 1.41. The lowest BCUT2D eigenvalue weighted by molar-refractivity contribution is -0.132. The Hall–Kier alpha value is -1.61. The minimum atomic E-state index is 0.282. The van der Waals surface area contributed by atoms with Crippen LogP contribution in [0.4, 0.5) is 0 Å². The zero-order chi connectivity index (χ0) is 14.9. The van der Waals surface area contributed by atoms with Crippen molar-refractivity contribution in [1.29, 1.82) is 0 Å². The molecule has 0 bridgehead atoms. The average Bonchev–Trinajstić information content (AvgIpc) is 2.53. The first-order chi connectivity index (χ1) is 10.3. The van der Waals surface area contributed by atoms with Gasteiger partial charge in [-0.1, -0.05) is 36.4 Å². The molecule has 0 radical (unpaired) electrons. The first kappa shape index (κ1) is 15.8. The molecule has 1 fully saturated rings. The molecule has 0 saturated carbocycles. The van der Waals surface area contributed by atoms with Crippen molar-refractivity contribution in [2.24, 2.45) is 5.92 Å². The van der Waals surface area contributed by atoms with E-state index in [4.69, 9.17) is 0 Å². The average molecular weight is 286 g/mol. The third kappa shape index (κ3) is 5.35. The highest BCUT2D eigenvalue weighted by molar-refractivity contribution is 5.76. The smallest absolute Gasteiger partial charge is 0.223 e. The van der Waals surface area contributed by atoms with Gasteiger partial charge in [0.1, 0.15) is 0 Å². The summed E-state index contributed by atoms with van der Waals surface area (Å²) in [6.07, 6.45) is 5.81. The monoisotopic (exact) mass is 286 g/mol. The largest absolute Gasteiger partial charge is 0.343 e. The van der Waals surface area contributed by atoms with E-state index in [1.807, 2.05) is 11.0 Å². The number of hydrogen-bond donors (Lipinski definition) is 1. The van der Waals surface area contributed by atoms with E-state index in [0.29, 0.717) is 6.42 Å². The molecule has 114 valence electrons. The molecule has 0 aliphatic carbocycles. The maximum atomic E-state index is 12.1. The number of benzene rings is 1. The van der Waals surface area contributed by atoms with Crippen molar-refractivity contribution in [3.8, 4) is 0 Å². The Morgan fingerprint density at radius 1 is 1.29 bits per heavy atom. The normalized spacial score (nSPS) is 15.9. The van der Waals surface area contributed by atoms with E-state index in [1.165, 1.54) is 5.56 Å². The zero-order valence-electron chi connectivity index (χ0n) is 12.8. The fourth-order valence-corrected chi connectivity index (χ4v) is 2.89. The minimum Gasteiger partial charge on any atom is -0.343 e.